The van der Waals surface area contributed by atoms with E-state index in [9.17, 15) is 0 Å². The van der Waals surface area contributed by atoms with Gasteiger partial charge in [-0.25, -0.2) is 0 Å². The third kappa shape index (κ3) is 2.22. The number of halogens is 1. The van der Waals surface area contributed by atoms with Crippen LogP contribution in [0.5, 0.6) is 0 Å². The first-order valence-electron chi connectivity index (χ1n) is 6.10. The van der Waals surface area contributed by atoms with Crippen LogP contribution in [-0.4, -0.2) is 23.1 Å². The van der Waals surface area contributed by atoms with Crippen LogP contribution in [0.15, 0.2) is 50.5 Å². The van der Waals surface area contributed by atoms with Gasteiger partial charge in [-0.1, -0.05) is 28.1 Å². The van der Waals surface area contributed by atoms with Crippen LogP contribution in [0.2, 0.25) is 0 Å². The lowest BCUT2D eigenvalue weighted by Crippen LogP contribution is -2.14. The van der Waals surface area contributed by atoms with Crippen LogP contribution in [0.1, 0.15) is 17.5 Å². The molecule has 0 saturated heterocycles. The van der Waals surface area contributed by atoms with Crippen molar-refractivity contribution in [1.82, 2.24) is 0 Å². The summed E-state index contributed by atoms with van der Waals surface area (Å²) in [5.74, 6) is 0. The maximum Gasteiger partial charge on any atom is 0.0869 e. The quantitative estimate of drug-likeness (QED) is 0.894. The number of hydrogen-bond donors (Lipinski definition) is 1. The van der Waals surface area contributed by atoms with Gasteiger partial charge in [-0.3, -0.25) is 9.98 Å². The molecule has 0 amide bonds. The number of aliphatic hydroxyl groups excluding tert-OH is 1. The van der Waals surface area contributed by atoms with Crippen molar-refractivity contribution in [3.05, 3.63) is 51.6 Å². The molecule has 0 spiro atoms. The number of hydrogen-bond acceptors (Lipinski definition) is 3. The molecule has 0 bridgehead atoms. The van der Waals surface area contributed by atoms with Crippen LogP contribution in [-0.2, 0) is 0 Å². The summed E-state index contributed by atoms with van der Waals surface area (Å²) >= 11 is 3.54. The molecule has 96 valence electrons. The van der Waals surface area contributed by atoms with Gasteiger partial charge < -0.3 is 5.11 Å². The Morgan fingerprint density at radius 1 is 1.37 bits per heavy atom. The lowest BCUT2D eigenvalue weighted by molar-refractivity contribution is 0.329. The monoisotopic (exact) mass is 316 g/mol. The topological polar surface area (TPSA) is 45.0 Å². The van der Waals surface area contributed by atoms with Gasteiger partial charge in [-0.2, -0.15) is 0 Å². The van der Waals surface area contributed by atoms with E-state index in [0.717, 1.165) is 32.7 Å². The molecule has 0 radical (unpaired) electrons. The summed E-state index contributed by atoms with van der Waals surface area (Å²) in [5, 5.41) is 9.16. The lowest BCUT2D eigenvalue weighted by atomic mass is 10.0. The van der Waals surface area contributed by atoms with Crippen molar-refractivity contribution in [2.24, 2.45) is 9.98 Å². The largest absolute Gasteiger partial charge is 0.392 e. The Balaban J connectivity index is 1.99. The third-order valence-electron chi connectivity index (χ3n) is 3.35. The van der Waals surface area contributed by atoms with Crippen LogP contribution >= 0.6 is 15.9 Å². The predicted octanol–water partition coefficient (Wildman–Crippen LogP) is 3.27. The van der Waals surface area contributed by atoms with Crippen LogP contribution < -0.4 is 0 Å². The maximum atomic E-state index is 9.16. The minimum absolute atomic E-state index is 0.0427. The number of nitrogens with zero attached hydrogens (tertiary/aromatic N) is 2. The van der Waals surface area contributed by atoms with E-state index in [0.29, 0.717) is 6.42 Å². The standard InChI is InChI=1S/C15H13BrN2O/c1-9-11(3-2-4-12(9)16)13-6-14-15(18-13)5-10(8-19)7-17-14/h2-4,6-7,19H,5,8H2,1H3. The van der Waals surface area contributed by atoms with Gasteiger partial charge in [0.2, 0.25) is 0 Å². The Morgan fingerprint density at radius 3 is 3.00 bits per heavy atom. The predicted molar refractivity (Wildman–Crippen MR) is 81.5 cm³/mol. The van der Waals surface area contributed by atoms with Crippen molar-refractivity contribution < 1.29 is 5.11 Å². The smallest absolute Gasteiger partial charge is 0.0869 e. The van der Waals surface area contributed by atoms with Gasteiger partial charge in [0.05, 0.1) is 23.7 Å². The summed E-state index contributed by atoms with van der Waals surface area (Å²) in [7, 11) is 0. The van der Waals surface area contributed by atoms with Gasteiger partial charge in [-0.15, -0.1) is 0 Å². The molecule has 0 atom stereocenters. The van der Waals surface area contributed by atoms with Crippen LogP contribution in [0.3, 0.4) is 0 Å². The molecule has 0 aliphatic carbocycles. The molecular formula is C15H13BrN2O. The number of aliphatic imine (C=N–C) groups is 2. The van der Waals surface area contributed by atoms with Crippen LogP contribution in [0.25, 0.3) is 5.70 Å². The number of aliphatic hydroxyl groups is 1. The minimum Gasteiger partial charge on any atom is -0.392 e. The van der Waals surface area contributed by atoms with Crippen LogP contribution in [0.4, 0.5) is 0 Å². The second-order valence-electron chi connectivity index (χ2n) is 4.64. The molecule has 2 aliphatic heterocycles. The number of benzene rings is 1. The molecule has 4 heteroatoms. The highest BCUT2D eigenvalue weighted by molar-refractivity contribution is 9.10. The van der Waals surface area contributed by atoms with Gasteiger partial charge >= 0.3 is 0 Å². The number of allylic oxidation sites excluding steroid dienone is 1. The molecular weight excluding hydrogens is 304 g/mol. The summed E-state index contributed by atoms with van der Waals surface area (Å²) < 4.78 is 1.08. The third-order valence-corrected chi connectivity index (χ3v) is 4.21. The highest BCUT2D eigenvalue weighted by Gasteiger charge is 2.21. The highest BCUT2D eigenvalue weighted by atomic mass is 79.9. The molecule has 19 heavy (non-hydrogen) atoms. The molecule has 0 aromatic heterocycles. The van der Waals surface area contributed by atoms with E-state index in [1.807, 2.05) is 18.2 Å². The summed E-state index contributed by atoms with van der Waals surface area (Å²) in [4.78, 5) is 9.00. The molecule has 3 rings (SSSR count). The highest BCUT2D eigenvalue weighted by Crippen LogP contribution is 2.30. The molecule has 0 saturated carbocycles. The second kappa shape index (κ2) is 4.87. The summed E-state index contributed by atoms with van der Waals surface area (Å²) in [6.07, 6.45) is 4.43. The Kier molecular flexibility index (Phi) is 3.21. The molecule has 0 unspecified atom stereocenters. The van der Waals surface area contributed by atoms with Crippen molar-refractivity contribution in [3.8, 4) is 0 Å². The van der Waals surface area contributed by atoms with E-state index in [-0.39, 0.29) is 6.61 Å². The average molecular weight is 317 g/mol. The van der Waals surface area contributed by atoms with E-state index >= 15 is 0 Å². The molecule has 1 N–H and O–H groups in total. The van der Waals surface area contributed by atoms with Gasteiger partial charge in [0, 0.05) is 22.7 Å². The van der Waals surface area contributed by atoms with Crippen molar-refractivity contribution >= 4 is 33.1 Å². The molecule has 2 aliphatic rings. The van der Waals surface area contributed by atoms with E-state index in [4.69, 9.17) is 5.11 Å². The molecule has 1 aromatic carbocycles. The van der Waals surface area contributed by atoms with E-state index in [1.54, 1.807) is 6.20 Å². The second-order valence-corrected chi connectivity index (χ2v) is 5.49. The zero-order valence-electron chi connectivity index (χ0n) is 10.5. The van der Waals surface area contributed by atoms with Gasteiger partial charge in [0.15, 0.2) is 0 Å². The van der Waals surface area contributed by atoms with Gasteiger partial charge in [0.25, 0.3) is 0 Å². The van der Waals surface area contributed by atoms with Crippen LogP contribution in [0, 0.1) is 6.92 Å². The Morgan fingerprint density at radius 2 is 2.21 bits per heavy atom. The first-order chi connectivity index (χ1) is 9.19. The van der Waals surface area contributed by atoms with Crippen molar-refractivity contribution in [1.29, 1.82) is 0 Å². The summed E-state index contributed by atoms with van der Waals surface area (Å²) in [6, 6.07) is 6.10. The van der Waals surface area contributed by atoms with Gasteiger partial charge in [0.1, 0.15) is 0 Å². The molecule has 2 heterocycles. The van der Waals surface area contributed by atoms with Crippen molar-refractivity contribution in [2.45, 2.75) is 13.3 Å². The summed E-state index contributed by atoms with van der Waals surface area (Å²) in [6.45, 7) is 2.11. The Labute approximate surface area is 120 Å². The fourth-order valence-corrected chi connectivity index (χ4v) is 2.60. The first kappa shape index (κ1) is 12.5. The number of rotatable bonds is 2. The zero-order valence-corrected chi connectivity index (χ0v) is 12.1. The average Bonchev–Trinajstić information content (AvgIpc) is 2.84. The van der Waals surface area contributed by atoms with E-state index in [1.165, 1.54) is 5.56 Å². The Hall–Kier alpha value is -1.52. The minimum atomic E-state index is 0.0427. The summed E-state index contributed by atoms with van der Waals surface area (Å²) in [5.41, 5.74) is 5.99. The van der Waals surface area contributed by atoms with Gasteiger partial charge in [-0.05, 0) is 30.2 Å². The fourth-order valence-electron chi connectivity index (χ4n) is 2.23. The van der Waals surface area contributed by atoms with Crippen molar-refractivity contribution in [2.75, 3.05) is 6.61 Å². The van der Waals surface area contributed by atoms with E-state index < -0.39 is 0 Å². The Bertz CT molecular complexity index is 669. The number of fused-ring (bicyclic) bond motifs is 1. The SMILES string of the molecule is Cc1c(Br)cccc1C1=CC2=NC=C(CO)CC2=N1. The fraction of sp³-hybridized carbons (Fsp3) is 0.200. The maximum absolute atomic E-state index is 9.16. The zero-order chi connectivity index (χ0) is 13.4. The lowest BCUT2D eigenvalue weighted by Gasteiger charge is -2.08. The van der Waals surface area contributed by atoms with E-state index in [2.05, 4.69) is 38.9 Å². The van der Waals surface area contributed by atoms with Crippen molar-refractivity contribution in [3.63, 3.8) is 0 Å². The normalized spacial score (nSPS) is 17.4. The molecule has 3 nitrogen and oxygen atoms in total. The molecule has 1 aromatic rings. The molecule has 0 fully saturated rings. The first-order valence-corrected chi connectivity index (χ1v) is 6.90.